The van der Waals surface area contributed by atoms with Crippen LogP contribution in [0, 0.1) is 0 Å². The Kier molecular flexibility index (Phi) is 6.58. The zero-order valence-electron chi connectivity index (χ0n) is 14.7. The molecule has 1 aliphatic heterocycles. The standard InChI is InChI=1S/C19H25NO5/c1-19(2)24-17(22)16(18(23)25-19)14-20(12-8-3-4-9-13-21)15-10-6-5-7-11-15/h5-7,10-11,14,21H,3-4,8-9,12-13H2,1-2H3. The van der Waals surface area contributed by atoms with E-state index in [0.717, 1.165) is 31.4 Å². The molecule has 0 bridgehead atoms. The van der Waals surface area contributed by atoms with E-state index in [2.05, 4.69) is 0 Å². The van der Waals surface area contributed by atoms with E-state index >= 15 is 0 Å². The maximum atomic E-state index is 12.2. The van der Waals surface area contributed by atoms with Gasteiger partial charge >= 0.3 is 11.9 Å². The SMILES string of the molecule is CC1(C)OC(=O)C(=CN(CCCCCCO)c2ccccc2)C(=O)O1. The molecule has 1 heterocycles. The minimum Gasteiger partial charge on any atom is -0.419 e. The fourth-order valence-corrected chi connectivity index (χ4v) is 2.56. The van der Waals surface area contributed by atoms with E-state index in [1.807, 2.05) is 35.2 Å². The molecule has 0 unspecified atom stereocenters. The Morgan fingerprint density at radius 1 is 1.00 bits per heavy atom. The molecule has 0 aliphatic carbocycles. The number of rotatable bonds is 8. The normalized spacial score (nSPS) is 16.2. The lowest BCUT2D eigenvalue weighted by Gasteiger charge is -2.31. The molecule has 0 atom stereocenters. The number of hydrogen-bond acceptors (Lipinski definition) is 6. The van der Waals surface area contributed by atoms with E-state index in [0.29, 0.717) is 6.54 Å². The number of nitrogens with zero attached hydrogens (tertiary/aromatic N) is 1. The molecule has 136 valence electrons. The maximum absolute atomic E-state index is 12.2. The first-order chi connectivity index (χ1) is 11.9. The van der Waals surface area contributed by atoms with Gasteiger partial charge < -0.3 is 19.5 Å². The number of unbranched alkanes of at least 4 members (excludes halogenated alkanes) is 3. The molecule has 1 aromatic rings. The van der Waals surface area contributed by atoms with Crippen molar-refractivity contribution < 1.29 is 24.2 Å². The number of aliphatic hydroxyl groups is 1. The van der Waals surface area contributed by atoms with Crippen molar-refractivity contribution in [2.24, 2.45) is 0 Å². The van der Waals surface area contributed by atoms with Gasteiger partial charge in [-0.2, -0.15) is 0 Å². The lowest BCUT2D eigenvalue weighted by molar-refractivity contribution is -0.222. The van der Waals surface area contributed by atoms with Crippen molar-refractivity contribution in [3.63, 3.8) is 0 Å². The Labute approximate surface area is 148 Å². The Bertz CT molecular complexity index is 602. The number of carbonyl (C=O) groups excluding carboxylic acids is 2. The van der Waals surface area contributed by atoms with Gasteiger partial charge in [-0.05, 0) is 25.0 Å². The second-order valence-corrected chi connectivity index (χ2v) is 6.39. The fourth-order valence-electron chi connectivity index (χ4n) is 2.56. The molecule has 0 aromatic heterocycles. The van der Waals surface area contributed by atoms with Crippen molar-refractivity contribution in [1.82, 2.24) is 0 Å². The molecule has 0 amide bonds. The van der Waals surface area contributed by atoms with Crippen LogP contribution in [0.2, 0.25) is 0 Å². The number of aliphatic hydroxyl groups excluding tert-OH is 1. The van der Waals surface area contributed by atoms with Gasteiger partial charge in [0, 0.05) is 38.9 Å². The first kappa shape index (κ1) is 19.0. The van der Waals surface area contributed by atoms with Crippen molar-refractivity contribution in [2.45, 2.75) is 45.3 Å². The van der Waals surface area contributed by atoms with Crippen LogP contribution < -0.4 is 4.90 Å². The Morgan fingerprint density at radius 2 is 1.60 bits per heavy atom. The molecule has 0 saturated carbocycles. The van der Waals surface area contributed by atoms with Gasteiger partial charge in [-0.15, -0.1) is 0 Å². The van der Waals surface area contributed by atoms with Crippen LogP contribution in [0.1, 0.15) is 39.5 Å². The average Bonchev–Trinajstić information content (AvgIpc) is 2.56. The predicted molar refractivity (Wildman–Crippen MR) is 93.7 cm³/mol. The van der Waals surface area contributed by atoms with Gasteiger partial charge in [-0.3, -0.25) is 0 Å². The molecule has 1 N–H and O–H groups in total. The third-order valence-corrected chi connectivity index (χ3v) is 3.80. The maximum Gasteiger partial charge on any atom is 0.350 e. The largest absolute Gasteiger partial charge is 0.419 e. The van der Waals surface area contributed by atoms with E-state index in [9.17, 15) is 9.59 Å². The van der Waals surface area contributed by atoms with Crippen molar-refractivity contribution in [3.05, 3.63) is 42.1 Å². The topological polar surface area (TPSA) is 76.1 Å². The van der Waals surface area contributed by atoms with Crippen LogP contribution in [0.15, 0.2) is 42.1 Å². The van der Waals surface area contributed by atoms with Gasteiger partial charge in [-0.25, -0.2) is 9.59 Å². The van der Waals surface area contributed by atoms with Crippen LogP contribution in [0.4, 0.5) is 5.69 Å². The summed E-state index contributed by atoms with van der Waals surface area (Å²) in [6.07, 6.45) is 5.04. The molecular formula is C19H25NO5. The van der Waals surface area contributed by atoms with E-state index in [1.54, 1.807) is 0 Å². The van der Waals surface area contributed by atoms with Gasteiger partial charge in [0.15, 0.2) is 5.57 Å². The second kappa shape index (κ2) is 8.67. The monoisotopic (exact) mass is 347 g/mol. The van der Waals surface area contributed by atoms with Crippen molar-refractivity contribution in [2.75, 3.05) is 18.1 Å². The molecule has 6 heteroatoms. The number of esters is 2. The van der Waals surface area contributed by atoms with Crippen molar-refractivity contribution in [1.29, 1.82) is 0 Å². The lowest BCUT2D eigenvalue weighted by Crippen LogP contribution is -2.42. The molecule has 2 rings (SSSR count). The van der Waals surface area contributed by atoms with Gasteiger partial charge in [0.05, 0.1) is 0 Å². The third kappa shape index (κ3) is 5.60. The summed E-state index contributed by atoms with van der Waals surface area (Å²) < 4.78 is 10.3. The number of ether oxygens (including phenoxy) is 2. The lowest BCUT2D eigenvalue weighted by atomic mass is 10.1. The minimum atomic E-state index is -1.24. The number of para-hydroxylation sites is 1. The fraction of sp³-hybridized carbons (Fsp3) is 0.474. The highest BCUT2D eigenvalue weighted by Gasteiger charge is 2.39. The Balaban J connectivity index is 2.15. The molecule has 25 heavy (non-hydrogen) atoms. The smallest absolute Gasteiger partial charge is 0.350 e. The van der Waals surface area contributed by atoms with Crippen LogP contribution in [0.25, 0.3) is 0 Å². The number of hydrogen-bond donors (Lipinski definition) is 1. The van der Waals surface area contributed by atoms with E-state index in [-0.39, 0.29) is 12.2 Å². The molecular weight excluding hydrogens is 322 g/mol. The van der Waals surface area contributed by atoms with E-state index in [4.69, 9.17) is 14.6 Å². The third-order valence-electron chi connectivity index (χ3n) is 3.80. The molecule has 6 nitrogen and oxygen atoms in total. The van der Waals surface area contributed by atoms with Gasteiger partial charge in [0.25, 0.3) is 5.79 Å². The van der Waals surface area contributed by atoms with Crippen LogP contribution in [0.3, 0.4) is 0 Å². The van der Waals surface area contributed by atoms with Gasteiger partial charge in [0.2, 0.25) is 0 Å². The molecule has 0 radical (unpaired) electrons. The summed E-state index contributed by atoms with van der Waals surface area (Å²) in [7, 11) is 0. The number of benzene rings is 1. The zero-order chi connectivity index (χ0) is 18.3. The van der Waals surface area contributed by atoms with Gasteiger partial charge in [0.1, 0.15) is 0 Å². The van der Waals surface area contributed by atoms with Crippen molar-refractivity contribution >= 4 is 17.6 Å². The first-order valence-electron chi connectivity index (χ1n) is 8.54. The van der Waals surface area contributed by atoms with E-state index in [1.165, 1.54) is 20.0 Å². The summed E-state index contributed by atoms with van der Waals surface area (Å²) in [4.78, 5) is 26.2. The second-order valence-electron chi connectivity index (χ2n) is 6.39. The summed E-state index contributed by atoms with van der Waals surface area (Å²) in [5, 5.41) is 8.85. The molecule has 1 saturated heterocycles. The van der Waals surface area contributed by atoms with Crippen LogP contribution >= 0.6 is 0 Å². The van der Waals surface area contributed by atoms with Crippen LogP contribution in [-0.2, 0) is 19.1 Å². The van der Waals surface area contributed by atoms with Crippen LogP contribution in [0.5, 0.6) is 0 Å². The first-order valence-corrected chi connectivity index (χ1v) is 8.54. The highest BCUT2D eigenvalue weighted by atomic mass is 16.7. The average molecular weight is 347 g/mol. The summed E-state index contributed by atoms with van der Waals surface area (Å²) in [5.41, 5.74) is 0.765. The highest BCUT2D eigenvalue weighted by Crippen LogP contribution is 2.24. The summed E-state index contributed by atoms with van der Waals surface area (Å²) in [6, 6.07) is 9.52. The predicted octanol–water partition coefficient (Wildman–Crippen LogP) is 2.77. The van der Waals surface area contributed by atoms with Crippen LogP contribution in [-0.4, -0.2) is 36.0 Å². The summed E-state index contributed by atoms with van der Waals surface area (Å²) in [6.45, 7) is 3.88. The Hall–Kier alpha value is -2.34. The van der Waals surface area contributed by atoms with E-state index < -0.39 is 17.7 Å². The number of anilines is 1. The summed E-state index contributed by atoms with van der Waals surface area (Å²) >= 11 is 0. The van der Waals surface area contributed by atoms with Crippen molar-refractivity contribution in [3.8, 4) is 0 Å². The quantitative estimate of drug-likeness (QED) is 0.337. The zero-order valence-corrected chi connectivity index (χ0v) is 14.7. The molecule has 0 spiro atoms. The minimum absolute atomic E-state index is 0.112. The number of carbonyl (C=O) groups is 2. The molecule has 1 aromatic carbocycles. The highest BCUT2D eigenvalue weighted by molar-refractivity contribution is 6.15. The summed E-state index contributed by atoms with van der Waals surface area (Å²) in [5.74, 6) is -2.60. The molecule has 1 aliphatic rings. The molecule has 1 fully saturated rings. The number of cyclic esters (lactones) is 2. The van der Waals surface area contributed by atoms with Gasteiger partial charge in [-0.1, -0.05) is 31.0 Å². The Morgan fingerprint density at radius 3 is 2.20 bits per heavy atom.